The topological polar surface area (TPSA) is 70.2 Å². The first kappa shape index (κ1) is 19.0. The molecule has 0 aliphatic carbocycles. The zero-order valence-electron chi connectivity index (χ0n) is 12.6. The molecule has 0 saturated carbocycles. The molecule has 0 aliphatic rings. The summed E-state index contributed by atoms with van der Waals surface area (Å²) < 4.78 is 24.5. The van der Waals surface area contributed by atoms with Gasteiger partial charge in [-0.05, 0) is 42.9 Å². The second-order valence-electron chi connectivity index (χ2n) is 4.91. The second-order valence-corrected chi connectivity index (χ2v) is 7.81. The zero-order valence-corrected chi connectivity index (χ0v) is 15.7. The summed E-state index contributed by atoms with van der Waals surface area (Å²) in [6, 6.07) is 13.7. The fraction of sp³-hybridized carbons (Fsp3) is 0.133. The molecule has 9 heteroatoms. The molecule has 0 fully saturated rings. The Balaban J connectivity index is 1.99. The molecule has 0 amide bonds. The van der Waals surface area contributed by atoms with E-state index in [0.717, 1.165) is 5.56 Å². The highest BCUT2D eigenvalue weighted by atomic mass is 35.5. The predicted molar refractivity (Wildman–Crippen MR) is 101 cm³/mol. The van der Waals surface area contributed by atoms with Gasteiger partial charge in [0.1, 0.15) is 4.90 Å². The van der Waals surface area contributed by atoms with Crippen LogP contribution in [0.25, 0.3) is 0 Å². The SMILES string of the molecule is CC(NC(=S)NNS(=O)(=O)c1cc(Cl)ccc1Cl)c1ccccc1. The van der Waals surface area contributed by atoms with E-state index >= 15 is 0 Å². The summed E-state index contributed by atoms with van der Waals surface area (Å²) in [5.74, 6) is 0. The molecule has 2 rings (SSSR count). The van der Waals surface area contributed by atoms with Gasteiger partial charge in [-0.1, -0.05) is 53.5 Å². The lowest BCUT2D eigenvalue weighted by molar-refractivity contribution is 0.575. The lowest BCUT2D eigenvalue weighted by atomic mass is 10.1. The van der Waals surface area contributed by atoms with Crippen molar-refractivity contribution in [1.82, 2.24) is 15.6 Å². The molecule has 1 atom stereocenters. The van der Waals surface area contributed by atoms with Gasteiger partial charge in [0.15, 0.2) is 5.11 Å². The maximum atomic E-state index is 12.3. The number of hydrogen-bond acceptors (Lipinski definition) is 3. The van der Waals surface area contributed by atoms with Crippen molar-refractivity contribution in [1.29, 1.82) is 0 Å². The minimum Gasteiger partial charge on any atom is -0.355 e. The Kier molecular flexibility index (Phi) is 6.42. The Hall–Kier alpha value is -1.38. The van der Waals surface area contributed by atoms with Crippen molar-refractivity contribution in [2.24, 2.45) is 0 Å². The third kappa shape index (κ3) is 5.06. The van der Waals surface area contributed by atoms with Gasteiger partial charge >= 0.3 is 0 Å². The molecule has 0 radical (unpaired) electrons. The normalized spacial score (nSPS) is 12.5. The van der Waals surface area contributed by atoms with Gasteiger partial charge in [0.05, 0.1) is 11.1 Å². The molecule has 0 aromatic heterocycles. The first-order valence-corrected chi connectivity index (χ1v) is 9.52. The van der Waals surface area contributed by atoms with E-state index in [1.807, 2.05) is 37.3 Å². The summed E-state index contributed by atoms with van der Waals surface area (Å²) in [4.78, 5) is 2.04. The number of rotatable bonds is 5. The van der Waals surface area contributed by atoms with Crippen LogP contribution in [0.15, 0.2) is 53.4 Å². The van der Waals surface area contributed by atoms with E-state index in [9.17, 15) is 8.42 Å². The lowest BCUT2D eigenvalue weighted by Crippen LogP contribution is -2.47. The van der Waals surface area contributed by atoms with Crippen molar-refractivity contribution in [3.8, 4) is 0 Å². The van der Waals surface area contributed by atoms with E-state index in [1.54, 1.807) is 0 Å². The van der Waals surface area contributed by atoms with Crippen molar-refractivity contribution < 1.29 is 8.42 Å². The van der Waals surface area contributed by atoms with Crippen LogP contribution in [0.2, 0.25) is 10.0 Å². The van der Waals surface area contributed by atoms with Crippen LogP contribution in [0.5, 0.6) is 0 Å². The van der Waals surface area contributed by atoms with E-state index in [2.05, 4.69) is 15.6 Å². The van der Waals surface area contributed by atoms with Crippen LogP contribution >= 0.6 is 35.4 Å². The first-order chi connectivity index (χ1) is 11.3. The smallest absolute Gasteiger partial charge is 0.258 e. The van der Waals surface area contributed by atoms with Crippen LogP contribution in [0.4, 0.5) is 0 Å². The largest absolute Gasteiger partial charge is 0.355 e. The van der Waals surface area contributed by atoms with Gasteiger partial charge in [-0.3, -0.25) is 5.43 Å². The molecule has 0 bridgehead atoms. The average Bonchev–Trinajstić information content (AvgIpc) is 2.56. The van der Waals surface area contributed by atoms with E-state index < -0.39 is 10.0 Å². The van der Waals surface area contributed by atoms with Gasteiger partial charge in [-0.25, -0.2) is 8.42 Å². The van der Waals surface area contributed by atoms with Crippen LogP contribution < -0.4 is 15.6 Å². The van der Waals surface area contributed by atoms with Gasteiger partial charge in [-0.2, -0.15) is 0 Å². The third-order valence-electron chi connectivity index (χ3n) is 3.13. The summed E-state index contributed by atoms with van der Waals surface area (Å²) >= 11 is 16.8. The lowest BCUT2D eigenvalue weighted by Gasteiger charge is -2.18. The molecule has 0 heterocycles. The highest BCUT2D eigenvalue weighted by Crippen LogP contribution is 2.24. The summed E-state index contributed by atoms with van der Waals surface area (Å²) in [6.07, 6.45) is 0. The number of thiocarbonyl (C=S) groups is 1. The highest BCUT2D eigenvalue weighted by Gasteiger charge is 2.19. The monoisotopic (exact) mass is 403 g/mol. The van der Waals surface area contributed by atoms with Crippen molar-refractivity contribution in [2.45, 2.75) is 17.9 Å². The minimum atomic E-state index is -3.91. The number of hydrogen-bond donors (Lipinski definition) is 3. The Morgan fingerprint density at radius 2 is 1.79 bits per heavy atom. The van der Waals surface area contributed by atoms with Crippen LogP contribution in [0, 0.1) is 0 Å². The fourth-order valence-electron chi connectivity index (χ4n) is 1.91. The summed E-state index contributed by atoms with van der Waals surface area (Å²) in [7, 11) is -3.91. The number of benzene rings is 2. The second kappa shape index (κ2) is 8.13. The zero-order chi connectivity index (χ0) is 17.7. The Bertz CT molecular complexity index is 830. The minimum absolute atomic E-state index is 0.0604. The van der Waals surface area contributed by atoms with Crippen molar-refractivity contribution in [3.05, 3.63) is 64.1 Å². The Morgan fingerprint density at radius 3 is 2.46 bits per heavy atom. The molecule has 1 unspecified atom stereocenters. The number of hydrazine groups is 1. The summed E-state index contributed by atoms with van der Waals surface area (Å²) in [5, 5.41) is 3.44. The number of halogens is 2. The third-order valence-corrected chi connectivity index (χ3v) is 5.31. The van der Waals surface area contributed by atoms with E-state index in [1.165, 1.54) is 18.2 Å². The summed E-state index contributed by atoms with van der Waals surface area (Å²) in [6.45, 7) is 1.91. The van der Waals surface area contributed by atoms with Gasteiger partial charge in [0, 0.05) is 5.02 Å². The molecule has 2 aromatic carbocycles. The quantitative estimate of drug-likeness (QED) is 0.526. The van der Waals surface area contributed by atoms with Crippen LogP contribution in [-0.2, 0) is 10.0 Å². The van der Waals surface area contributed by atoms with E-state index in [0.29, 0.717) is 0 Å². The standard InChI is InChI=1S/C15H15Cl2N3O2S2/c1-10(11-5-3-2-4-6-11)18-15(23)19-20-24(21,22)14-9-12(16)7-8-13(14)17/h2-10,20H,1H3,(H2,18,19,23). The molecule has 5 nitrogen and oxygen atoms in total. The van der Waals surface area contributed by atoms with Crippen LogP contribution in [0.3, 0.4) is 0 Å². The maximum absolute atomic E-state index is 12.3. The number of nitrogens with one attached hydrogen (secondary N) is 3. The predicted octanol–water partition coefficient (Wildman–Crippen LogP) is 3.41. The molecule has 128 valence electrons. The summed E-state index contributed by atoms with van der Waals surface area (Å²) in [5.41, 5.74) is 3.47. The molecular weight excluding hydrogens is 389 g/mol. The molecule has 2 aromatic rings. The first-order valence-electron chi connectivity index (χ1n) is 6.88. The van der Waals surface area contributed by atoms with E-state index in [4.69, 9.17) is 35.4 Å². The van der Waals surface area contributed by atoms with Crippen LogP contribution in [-0.4, -0.2) is 13.5 Å². The molecule has 0 aliphatic heterocycles. The van der Waals surface area contributed by atoms with Gasteiger partial charge in [0.2, 0.25) is 0 Å². The molecule has 0 saturated heterocycles. The molecular formula is C15H15Cl2N3O2S2. The molecule has 0 spiro atoms. The fourth-order valence-corrected chi connectivity index (χ4v) is 3.81. The number of sulfonamides is 1. The highest BCUT2D eigenvalue weighted by molar-refractivity contribution is 7.89. The Labute approximate surface area is 156 Å². The van der Waals surface area contributed by atoms with Gasteiger partial charge in [-0.15, -0.1) is 4.83 Å². The molecule has 24 heavy (non-hydrogen) atoms. The average molecular weight is 404 g/mol. The van der Waals surface area contributed by atoms with Crippen molar-refractivity contribution in [2.75, 3.05) is 0 Å². The van der Waals surface area contributed by atoms with E-state index in [-0.39, 0.29) is 26.1 Å². The van der Waals surface area contributed by atoms with Gasteiger partial charge in [0.25, 0.3) is 10.0 Å². The Morgan fingerprint density at radius 1 is 1.12 bits per heavy atom. The maximum Gasteiger partial charge on any atom is 0.258 e. The molecule has 3 N–H and O–H groups in total. The van der Waals surface area contributed by atoms with Crippen LogP contribution in [0.1, 0.15) is 18.5 Å². The van der Waals surface area contributed by atoms with Crippen molar-refractivity contribution >= 4 is 50.6 Å². The van der Waals surface area contributed by atoms with Gasteiger partial charge < -0.3 is 5.32 Å². The van der Waals surface area contributed by atoms with Crippen molar-refractivity contribution in [3.63, 3.8) is 0 Å².